The Morgan fingerprint density at radius 1 is 1.15 bits per heavy atom. The van der Waals surface area contributed by atoms with Crippen LogP contribution in [0.25, 0.3) is 10.9 Å². The van der Waals surface area contributed by atoms with Crippen molar-refractivity contribution < 1.29 is 17.9 Å². The average Bonchev–Trinajstić information content (AvgIpc) is 3.38. The van der Waals surface area contributed by atoms with Crippen molar-refractivity contribution in [3.8, 4) is 12.3 Å². The van der Waals surface area contributed by atoms with Gasteiger partial charge in [0.1, 0.15) is 5.60 Å². The fraction of sp³-hybridized carbons (Fsp3) is 0.370. The molecule has 2 aliphatic rings. The molecule has 0 radical (unpaired) electrons. The minimum absolute atomic E-state index is 0.128. The third kappa shape index (κ3) is 3.42. The summed E-state index contributed by atoms with van der Waals surface area (Å²) in [6.07, 6.45) is 11.4. The van der Waals surface area contributed by atoms with E-state index in [1.165, 1.54) is 3.97 Å². The van der Waals surface area contributed by atoms with E-state index < -0.39 is 21.5 Å². The van der Waals surface area contributed by atoms with Gasteiger partial charge in [-0.3, -0.25) is 4.79 Å². The summed E-state index contributed by atoms with van der Waals surface area (Å²) in [7, 11) is -3.82. The van der Waals surface area contributed by atoms with Crippen LogP contribution < -0.4 is 0 Å². The van der Waals surface area contributed by atoms with Gasteiger partial charge in [-0.05, 0) is 56.4 Å². The minimum Gasteiger partial charge on any atom is -0.367 e. The van der Waals surface area contributed by atoms with E-state index in [0.717, 1.165) is 35.8 Å². The monoisotopic (exact) mass is 461 g/mol. The van der Waals surface area contributed by atoms with Gasteiger partial charge in [0.2, 0.25) is 0 Å². The Bertz CT molecular complexity index is 1360. The molecule has 1 saturated carbocycles. The highest BCUT2D eigenvalue weighted by atomic mass is 32.2. The van der Waals surface area contributed by atoms with E-state index in [1.54, 1.807) is 36.5 Å². The molecular formula is C27H27NO4S. The number of hydrogen-bond donors (Lipinski definition) is 0. The second-order valence-electron chi connectivity index (χ2n) is 9.12. The van der Waals surface area contributed by atoms with Gasteiger partial charge in [0.25, 0.3) is 10.0 Å². The second kappa shape index (κ2) is 8.16. The van der Waals surface area contributed by atoms with Gasteiger partial charge in [-0.25, -0.2) is 12.4 Å². The van der Waals surface area contributed by atoms with Crippen molar-refractivity contribution in [3.05, 3.63) is 65.9 Å². The molecule has 5 rings (SSSR count). The van der Waals surface area contributed by atoms with E-state index in [4.69, 9.17) is 11.2 Å². The van der Waals surface area contributed by atoms with Gasteiger partial charge < -0.3 is 4.74 Å². The normalized spacial score (nSPS) is 24.2. The number of aromatic nitrogens is 1. The summed E-state index contributed by atoms with van der Waals surface area (Å²) in [6.45, 7) is 2.48. The standard InChI is InChI=1S/C27H27NO4S/c1-3-21(24-9-7-17-32-27(24)16-6-11-26(27)29)23-18-28(25-10-5-4-8-22(23)25)33(30,31)20-14-12-19(2)13-15-20/h1,4-5,8,10,12-15,18,21,24H,6-7,9,11,16-17H2,2H3/t21-,24-,27-/m1/s1. The first-order valence-electron chi connectivity index (χ1n) is 11.4. The molecule has 0 N–H and O–H groups in total. The molecule has 1 spiro atoms. The van der Waals surface area contributed by atoms with E-state index in [1.807, 2.05) is 25.1 Å². The third-order valence-corrected chi connectivity index (χ3v) is 8.93. The van der Waals surface area contributed by atoms with Crippen LogP contribution in [0, 0.1) is 25.2 Å². The van der Waals surface area contributed by atoms with E-state index >= 15 is 0 Å². The summed E-state index contributed by atoms with van der Waals surface area (Å²) in [5.74, 6) is 2.45. The SMILES string of the molecule is C#C[C@H](c1cn(S(=O)(=O)c2ccc(C)cc2)c2ccccc12)[C@H]1CCCO[C@]12CCCC2=O. The Hall–Kier alpha value is -2.88. The van der Waals surface area contributed by atoms with Gasteiger partial charge in [-0.15, -0.1) is 6.42 Å². The Kier molecular flexibility index (Phi) is 5.43. The van der Waals surface area contributed by atoms with Crippen LogP contribution in [0.15, 0.2) is 59.6 Å². The van der Waals surface area contributed by atoms with Crippen molar-refractivity contribution in [1.82, 2.24) is 3.97 Å². The highest BCUT2D eigenvalue weighted by Crippen LogP contribution is 2.49. The smallest absolute Gasteiger partial charge is 0.268 e. The Balaban J connectivity index is 1.67. The number of aryl methyl sites for hydroxylation is 1. The zero-order valence-electron chi connectivity index (χ0n) is 18.7. The second-order valence-corrected chi connectivity index (χ2v) is 10.9. The molecule has 3 aromatic rings. The first kappa shape index (κ1) is 21.9. The number of carbonyl (C=O) groups excluding carboxylic acids is 1. The zero-order chi connectivity index (χ0) is 23.2. The number of Topliss-reactive ketones (excluding diaryl/α,β-unsaturated/α-hetero) is 1. The minimum atomic E-state index is -3.82. The van der Waals surface area contributed by atoms with Crippen molar-refractivity contribution in [3.63, 3.8) is 0 Å². The molecule has 1 aromatic heterocycles. The molecule has 5 nitrogen and oxygen atoms in total. The van der Waals surface area contributed by atoms with Gasteiger partial charge in [0.05, 0.1) is 16.3 Å². The van der Waals surface area contributed by atoms with Crippen LogP contribution in [0.3, 0.4) is 0 Å². The molecule has 3 atom stereocenters. The number of ketones is 1. The summed E-state index contributed by atoms with van der Waals surface area (Å²) in [6, 6.07) is 14.2. The lowest BCUT2D eigenvalue weighted by atomic mass is 9.70. The Morgan fingerprint density at radius 3 is 2.61 bits per heavy atom. The molecule has 0 unspecified atom stereocenters. The number of ether oxygens (including phenoxy) is 1. The van der Waals surface area contributed by atoms with Gasteiger partial charge in [0.15, 0.2) is 5.78 Å². The zero-order valence-corrected chi connectivity index (χ0v) is 19.5. The molecule has 6 heteroatoms. The molecule has 1 aliphatic heterocycles. The van der Waals surface area contributed by atoms with Crippen molar-refractivity contribution in [2.75, 3.05) is 6.61 Å². The van der Waals surface area contributed by atoms with E-state index in [-0.39, 0.29) is 16.6 Å². The van der Waals surface area contributed by atoms with Crippen molar-refractivity contribution in [2.24, 2.45) is 5.92 Å². The van der Waals surface area contributed by atoms with Crippen LogP contribution in [0.4, 0.5) is 0 Å². The third-order valence-electron chi connectivity index (χ3n) is 7.25. The van der Waals surface area contributed by atoms with Crippen LogP contribution in [-0.2, 0) is 19.6 Å². The van der Waals surface area contributed by atoms with Crippen LogP contribution in [0.5, 0.6) is 0 Å². The molecule has 33 heavy (non-hydrogen) atoms. The predicted octanol–water partition coefficient (Wildman–Crippen LogP) is 4.82. The molecule has 0 amide bonds. The number of terminal acetylenes is 1. The first-order valence-corrected chi connectivity index (χ1v) is 12.9. The topological polar surface area (TPSA) is 65.4 Å². The number of benzene rings is 2. The van der Waals surface area contributed by atoms with Crippen LogP contribution in [0.2, 0.25) is 0 Å². The number of hydrogen-bond acceptors (Lipinski definition) is 4. The summed E-state index contributed by atoms with van der Waals surface area (Å²) in [4.78, 5) is 13.2. The van der Waals surface area contributed by atoms with Crippen LogP contribution in [-0.4, -0.2) is 30.4 Å². The maximum absolute atomic E-state index is 13.6. The van der Waals surface area contributed by atoms with E-state index in [2.05, 4.69) is 5.92 Å². The van der Waals surface area contributed by atoms with Crippen LogP contribution >= 0.6 is 0 Å². The van der Waals surface area contributed by atoms with Crippen molar-refractivity contribution in [1.29, 1.82) is 0 Å². The number of carbonyl (C=O) groups is 1. The average molecular weight is 462 g/mol. The largest absolute Gasteiger partial charge is 0.367 e. The fourth-order valence-corrected chi connectivity index (χ4v) is 6.99. The Labute approximate surface area is 194 Å². The van der Waals surface area contributed by atoms with Crippen molar-refractivity contribution >= 4 is 26.7 Å². The van der Waals surface area contributed by atoms with Crippen LogP contribution in [0.1, 0.15) is 49.1 Å². The molecule has 1 saturated heterocycles. The molecule has 2 aromatic carbocycles. The Morgan fingerprint density at radius 2 is 1.91 bits per heavy atom. The molecule has 2 fully saturated rings. The predicted molar refractivity (Wildman–Crippen MR) is 128 cm³/mol. The number of para-hydroxylation sites is 1. The number of rotatable bonds is 4. The summed E-state index contributed by atoms with van der Waals surface area (Å²) in [5.41, 5.74) is 1.48. The lowest BCUT2D eigenvalue weighted by Gasteiger charge is -2.42. The molecule has 1 aliphatic carbocycles. The quantitative estimate of drug-likeness (QED) is 0.523. The maximum Gasteiger partial charge on any atom is 0.268 e. The number of nitrogens with zero attached hydrogens (tertiary/aromatic N) is 1. The molecule has 2 heterocycles. The number of fused-ring (bicyclic) bond motifs is 1. The summed E-state index contributed by atoms with van der Waals surface area (Å²) in [5, 5.41) is 0.794. The van der Waals surface area contributed by atoms with Gasteiger partial charge >= 0.3 is 0 Å². The highest BCUT2D eigenvalue weighted by molar-refractivity contribution is 7.90. The maximum atomic E-state index is 13.6. The first-order chi connectivity index (χ1) is 15.9. The summed E-state index contributed by atoms with van der Waals surface area (Å²) < 4.78 is 34.7. The van der Waals surface area contributed by atoms with Gasteiger partial charge in [-0.1, -0.05) is 41.8 Å². The van der Waals surface area contributed by atoms with E-state index in [9.17, 15) is 13.2 Å². The summed E-state index contributed by atoms with van der Waals surface area (Å²) >= 11 is 0. The molecule has 0 bridgehead atoms. The van der Waals surface area contributed by atoms with E-state index in [0.29, 0.717) is 25.0 Å². The molecular weight excluding hydrogens is 434 g/mol. The highest BCUT2D eigenvalue weighted by Gasteiger charge is 2.53. The molecule has 170 valence electrons. The lowest BCUT2D eigenvalue weighted by Crippen LogP contribution is -2.50. The fourth-order valence-electron chi connectivity index (χ4n) is 5.61. The lowest BCUT2D eigenvalue weighted by molar-refractivity contribution is -0.158. The van der Waals surface area contributed by atoms with Crippen molar-refractivity contribution in [2.45, 2.75) is 55.4 Å². The van der Waals surface area contributed by atoms with Gasteiger partial charge in [-0.2, -0.15) is 0 Å². The van der Waals surface area contributed by atoms with Gasteiger partial charge in [0, 0.05) is 30.5 Å².